The Kier molecular flexibility index (Phi) is 3.54. The molecular formula is C11H5Cl2F3N4. The minimum absolute atomic E-state index is 0.0227. The molecule has 0 atom stereocenters. The standard InChI is InChI=1S/C11H5Cl2F3N4/c12-7-1-6(11(14,15)16)2-8(13)9(7)20-4-5(3-17)10(18)19-20/h1-2,4H,(H2,18,19). The molecule has 0 fully saturated rings. The highest BCUT2D eigenvalue weighted by molar-refractivity contribution is 6.37. The van der Waals surface area contributed by atoms with Crippen molar-refractivity contribution < 1.29 is 13.2 Å². The third kappa shape index (κ3) is 2.53. The SMILES string of the molecule is N#Cc1cn(-c2c(Cl)cc(C(F)(F)F)cc2Cl)nc1N. The maximum atomic E-state index is 12.6. The quantitative estimate of drug-likeness (QED) is 0.872. The Balaban J connectivity index is 2.61. The molecule has 0 spiro atoms. The molecule has 104 valence electrons. The number of alkyl halides is 3. The van der Waals surface area contributed by atoms with Gasteiger partial charge in [0.15, 0.2) is 5.82 Å². The molecule has 0 bridgehead atoms. The van der Waals surface area contributed by atoms with Crippen LogP contribution in [-0.4, -0.2) is 9.78 Å². The second-order valence-corrected chi connectivity index (χ2v) is 4.59. The molecule has 20 heavy (non-hydrogen) atoms. The zero-order chi connectivity index (χ0) is 15.1. The van der Waals surface area contributed by atoms with E-state index in [0.29, 0.717) is 0 Å². The van der Waals surface area contributed by atoms with E-state index in [9.17, 15) is 13.2 Å². The predicted octanol–water partition coefficient (Wildman–Crippen LogP) is 3.65. The van der Waals surface area contributed by atoms with Gasteiger partial charge < -0.3 is 5.73 Å². The Morgan fingerprint density at radius 2 is 1.80 bits per heavy atom. The second kappa shape index (κ2) is 4.89. The van der Waals surface area contributed by atoms with E-state index in [1.807, 2.05) is 0 Å². The van der Waals surface area contributed by atoms with Crippen LogP contribution in [0.25, 0.3) is 5.69 Å². The van der Waals surface area contributed by atoms with Crippen LogP contribution in [0, 0.1) is 11.3 Å². The number of nitrogen functional groups attached to an aromatic ring is 1. The smallest absolute Gasteiger partial charge is 0.381 e. The van der Waals surface area contributed by atoms with Crippen molar-refractivity contribution >= 4 is 29.0 Å². The summed E-state index contributed by atoms with van der Waals surface area (Å²) in [5.41, 5.74) is 4.58. The van der Waals surface area contributed by atoms with Crippen LogP contribution >= 0.6 is 23.2 Å². The lowest BCUT2D eigenvalue weighted by molar-refractivity contribution is -0.137. The Labute approximate surface area is 121 Å². The first-order chi connectivity index (χ1) is 9.24. The summed E-state index contributed by atoms with van der Waals surface area (Å²) >= 11 is 11.6. The number of aromatic nitrogens is 2. The molecule has 1 heterocycles. The molecule has 2 rings (SSSR count). The number of hydrogen-bond donors (Lipinski definition) is 1. The summed E-state index contributed by atoms with van der Waals surface area (Å²) in [6.07, 6.45) is -3.33. The number of halogens is 5. The number of anilines is 1. The van der Waals surface area contributed by atoms with Gasteiger partial charge in [-0.3, -0.25) is 0 Å². The van der Waals surface area contributed by atoms with Gasteiger partial charge in [-0.2, -0.15) is 18.4 Å². The first kappa shape index (κ1) is 14.5. The van der Waals surface area contributed by atoms with E-state index >= 15 is 0 Å². The van der Waals surface area contributed by atoms with E-state index in [-0.39, 0.29) is 27.1 Å². The molecular weight excluding hydrogens is 316 g/mol. The lowest BCUT2D eigenvalue weighted by Gasteiger charge is -2.12. The van der Waals surface area contributed by atoms with Crippen LogP contribution in [0.2, 0.25) is 10.0 Å². The van der Waals surface area contributed by atoms with Crippen molar-refractivity contribution in [3.8, 4) is 11.8 Å². The van der Waals surface area contributed by atoms with Gasteiger partial charge in [-0.25, -0.2) is 4.68 Å². The van der Waals surface area contributed by atoms with Crippen LogP contribution in [0.5, 0.6) is 0 Å². The zero-order valence-electron chi connectivity index (χ0n) is 9.54. The van der Waals surface area contributed by atoms with Crippen LogP contribution in [0.15, 0.2) is 18.3 Å². The van der Waals surface area contributed by atoms with Gasteiger partial charge in [0.05, 0.1) is 21.8 Å². The van der Waals surface area contributed by atoms with Crippen LogP contribution in [0.4, 0.5) is 19.0 Å². The number of nitrogens with two attached hydrogens (primary N) is 1. The molecule has 0 aliphatic heterocycles. The summed E-state index contributed by atoms with van der Waals surface area (Å²) in [6.45, 7) is 0. The largest absolute Gasteiger partial charge is 0.416 e. The molecule has 0 aliphatic carbocycles. The summed E-state index contributed by atoms with van der Waals surface area (Å²) in [7, 11) is 0. The van der Waals surface area contributed by atoms with Crippen molar-refractivity contribution in [2.24, 2.45) is 0 Å². The summed E-state index contributed by atoms with van der Waals surface area (Å²) in [6, 6.07) is 3.24. The summed E-state index contributed by atoms with van der Waals surface area (Å²) in [4.78, 5) is 0. The van der Waals surface area contributed by atoms with Gasteiger partial charge in [0.25, 0.3) is 0 Å². The lowest BCUT2D eigenvalue weighted by Crippen LogP contribution is -2.07. The minimum atomic E-state index is -4.56. The number of benzene rings is 1. The van der Waals surface area contributed by atoms with Crippen molar-refractivity contribution in [3.63, 3.8) is 0 Å². The topological polar surface area (TPSA) is 67.6 Å². The van der Waals surface area contributed by atoms with Crippen LogP contribution < -0.4 is 5.73 Å². The van der Waals surface area contributed by atoms with Gasteiger partial charge in [-0.1, -0.05) is 23.2 Å². The first-order valence-corrected chi connectivity index (χ1v) is 5.81. The maximum Gasteiger partial charge on any atom is 0.416 e. The van der Waals surface area contributed by atoms with Crippen molar-refractivity contribution in [1.82, 2.24) is 9.78 Å². The number of rotatable bonds is 1. The molecule has 4 nitrogen and oxygen atoms in total. The fraction of sp³-hybridized carbons (Fsp3) is 0.0909. The van der Waals surface area contributed by atoms with Gasteiger partial charge in [0, 0.05) is 0 Å². The van der Waals surface area contributed by atoms with Crippen LogP contribution in [-0.2, 0) is 6.18 Å². The molecule has 0 saturated heterocycles. The van der Waals surface area contributed by atoms with Crippen molar-refractivity contribution in [2.45, 2.75) is 6.18 Å². The van der Waals surface area contributed by atoms with Gasteiger partial charge in [-0.05, 0) is 12.1 Å². The Morgan fingerprint density at radius 3 is 2.20 bits per heavy atom. The fourth-order valence-electron chi connectivity index (χ4n) is 1.54. The normalized spacial score (nSPS) is 11.4. The summed E-state index contributed by atoms with van der Waals surface area (Å²) in [5.74, 6) is -0.0699. The van der Waals surface area contributed by atoms with Crippen molar-refractivity contribution in [3.05, 3.63) is 39.5 Å². The van der Waals surface area contributed by atoms with E-state index in [0.717, 1.165) is 16.8 Å². The average Bonchev–Trinajstić information content (AvgIpc) is 2.68. The van der Waals surface area contributed by atoms with E-state index in [4.69, 9.17) is 34.2 Å². The monoisotopic (exact) mass is 320 g/mol. The van der Waals surface area contributed by atoms with Crippen molar-refractivity contribution in [1.29, 1.82) is 5.26 Å². The number of nitrogens with zero attached hydrogens (tertiary/aromatic N) is 3. The van der Waals surface area contributed by atoms with E-state index in [1.54, 1.807) is 6.07 Å². The fourth-order valence-corrected chi connectivity index (χ4v) is 2.20. The maximum absolute atomic E-state index is 12.6. The predicted molar refractivity (Wildman–Crippen MR) is 67.7 cm³/mol. The van der Waals surface area contributed by atoms with Crippen molar-refractivity contribution in [2.75, 3.05) is 5.73 Å². The minimum Gasteiger partial charge on any atom is -0.381 e. The number of hydrogen-bond acceptors (Lipinski definition) is 3. The Bertz CT molecular complexity index is 692. The second-order valence-electron chi connectivity index (χ2n) is 3.77. The average molecular weight is 321 g/mol. The van der Waals surface area contributed by atoms with E-state index in [1.165, 1.54) is 6.20 Å². The summed E-state index contributed by atoms with van der Waals surface area (Å²) in [5, 5.41) is 12.1. The van der Waals surface area contributed by atoms with Crippen LogP contribution in [0.1, 0.15) is 11.1 Å². The molecule has 0 aliphatic rings. The lowest BCUT2D eigenvalue weighted by atomic mass is 10.2. The van der Waals surface area contributed by atoms with Gasteiger partial charge in [0.1, 0.15) is 17.3 Å². The molecule has 2 N–H and O–H groups in total. The highest BCUT2D eigenvalue weighted by atomic mass is 35.5. The molecule has 0 amide bonds. The highest BCUT2D eigenvalue weighted by Gasteiger charge is 2.32. The molecule has 0 saturated carbocycles. The third-order valence-electron chi connectivity index (χ3n) is 2.44. The summed E-state index contributed by atoms with van der Waals surface area (Å²) < 4.78 is 38.9. The van der Waals surface area contributed by atoms with Gasteiger partial charge in [-0.15, -0.1) is 5.10 Å². The third-order valence-corrected chi connectivity index (χ3v) is 3.01. The molecule has 1 aromatic heterocycles. The van der Waals surface area contributed by atoms with E-state index < -0.39 is 11.7 Å². The highest BCUT2D eigenvalue weighted by Crippen LogP contribution is 2.37. The van der Waals surface area contributed by atoms with Crippen LogP contribution in [0.3, 0.4) is 0 Å². The molecule has 2 aromatic rings. The Morgan fingerprint density at radius 1 is 1.25 bits per heavy atom. The molecule has 0 unspecified atom stereocenters. The van der Waals surface area contributed by atoms with Gasteiger partial charge in [0.2, 0.25) is 0 Å². The zero-order valence-corrected chi connectivity index (χ0v) is 11.1. The number of nitriles is 1. The molecule has 1 aromatic carbocycles. The molecule has 0 radical (unpaired) electrons. The van der Waals surface area contributed by atoms with Gasteiger partial charge >= 0.3 is 6.18 Å². The Hall–Kier alpha value is -1.91. The molecule has 9 heteroatoms. The first-order valence-electron chi connectivity index (χ1n) is 5.06. The van der Waals surface area contributed by atoms with E-state index in [2.05, 4.69) is 5.10 Å².